The maximum Gasteiger partial charge on any atom is 0.214 e. The number of hydrogen-bond acceptors (Lipinski definition) is 3. The summed E-state index contributed by atoms with van der Waals surface area (Å²) in [7, 11) is -2.98. The Hall–Kier alpha value is -0.130. The molecule has 2 atom stereocenters. The van der Waals surface area contributed by atoms with Crippen LogP contribution < -0.4 is 5.32 Å². The Morgan fingerprint density at radius 2 is 2.00 bits per heavy atom. The summed E-state index contributed by atoms with van der Waals surface area (Å²) in [5.74, 6) is 1.42. The topological polar surface area (TPSA) is 49.4 Å². The monoisotopic (exact) mass is 244 g/mol. The lowest BCUT2D eigenvalue weighted by Crippen LogP contribution is -2.49. The second kappa shape index (κ2) is 3.96. The molecule has 1 saturated carbocycles. The van der Waals surface area contributed by atoms with Crippen LogP contribution in [0.2, 0.25) is 0 Å². The molecule has 92 valence electrons. The first-order chi connectivity index (χ1) is 7.67. The van der Waals surface area contributed by atoms with Gasteiger partial charge in [-0.3, -0.25) is 0 Å². The molecule has 4 nitrogen and oxygen atoms in total. The fourth-order valence-electron chi connectivity index (χ4n) is 3.05. The third-order valence-corrected chi connectivity index (χ3v) is 6.19. The highest BCUT2D eigenvalue weighted by Gasteiger charge is 2.42. The molecular formula is C11H20N2O2S. The summed E-state index contributed by atoms with van der Waals surface area (Å²) in [6.45, 7) is 2.60. The van der Waals surface area contributed by atoms with E-state index in [1.165, 1.54) is 6.42 Å². The van der Waals surface area contributed by atoms with E-state index in [9.17, 15) is 8.42 Å². The predicted molar refractivity (Wildman–Crippen MR) is 62.6 cm³/mol. The van der Waals surface area contributed by atoms with Gasteiger partial charge in [-0.15, -0.1) is 0 Å². The average Bonchev–Trinajstić information content (AvgIpc) is 2.92. The van der Waals surface area contributed by atoms with Crippen molar-refractivity contribution >= 4 is 10.0 Å². The Balaban J connectivity index is 1.76. The van der Waals surface area contributed by atoms with E-state index in [4.69, 9.17) is 0 Å². The van der Waals surface area contributed by atoms with Gasteiger partial charge in [-0.2, -0.15) is 4.31 Å². The maximum atomic E-state index is 12.3. The van der Waals surface area contributed by atoms with Gasteiger partial charge in [-0.05, 0) is 44.1 Å². The molecular weight excluding hydrogens is 224 g/mol. The lowest BCUT2D eigenvalue weighted by atomic mass is 9.94. The highest BCUT2D eigenvalue weighted by molar-refractivity contribution is 7.89. The molecule has 3 rings (SSSR count). The van der Waals surface area contributed by atoms with E-state index < -0.39 is 10.0 Å². The van der Waals surface area contributed by atoms with E-state index in [2.05, 4.69) is 5.32 Å². The lowest BCUT2D eigenvalue weighted by molar-refractivity contribution is 0.217. The summed E-state index contributed by atoms with van der Waals surface area (Å²) in [6.07, 6.45) is 4.44. The fourth-order valence-corrected chi connectivity index (χ4v) is 5.24. The number of piperidine rings is 1. The van der Waals surface area contributed by atoms with Gasteiger partial charge >= 0.3 is 0 Å². The second-order valence-electron chi connectivity index (χ2n) is 5.46. The maximum absolute atomic E-state index is 12.3. The summed E-state index contributed by atoms with van der Waals surface area (Å²) >= 11 is 0. The van der Waals surface area contributed by atoms with E-state index in [-0.39, 0.29) is 6.04 Å². The van der Waals surface area contributed by atoms with Crippen molar-refractivity contribution in [3.05, 3.63) is 0 Å². The van der Waals surface area contributed by atoms with Gasteiger partial charge in [0.05, 0.1) is 5.75 Å². The quantitative estimate of drug-likeness (QED) is 0.782. The van der Waals surface area contributed by atoms with Crippen LogP contribution in [-0.2, 0) is 10.0 Å². The summed E-state index contributed by atoms with van der Waals surface area (Å²) in [5.41, 5.74) is 0. The molecule has 1 N–H and O–H groups in total. The van der Waals surface area contributed by atoms with Crippen molar-refractivity contribution in [2.75, 3.05) is 25.4 Å². The lowest BCUT2D eigenvalue weighted by Gasteiger charge is -2.36. The van der Waals surface area contributed by atoms with Crippen LogP contribution in [-0.4, -0.2) is 44.2 Å². The Morgan fingerprint density at radius 1 is 1.19 bits per heavy atom. The normalized spacial score (nSPS) is 36.2. The molecule has 0 aromatic carbocycles. The molecule has 16 heavy (non-hydrogen) atoms. The van der Waals surface area contributed by atoms with Crippen molar-refractivity contribution in [2.24, 2.45) is 11.8 Å². The highest BCUT2D eigenvalue weighted by Crippen LogP contribution is 2.34. The largest absolute Gasteiger partial charge is 0.315 e. The Morgan fingerprint density at radius 3 is 2.75 bits per heavy atom. The molecule has 2 saturated heterocycles. The molecule has 2 heterocycles. The molecule has 3 fully saturated rings. The van der Waals surface area contributed by atoms with Gasteiger partial charge in [-0.1, -0.05) is 0 Å². The van der Waals surface area contributed by atoms with Crippen LogP contribution in [0.4, 0.5) is 0 Å². The van der Waals surface area contributed by atoms with Gasteiger partial charge in [0, 0.05) is 19.1 Å². The van der Waals surface area contributed by atoms with Gasteiger partial charge in [0.15, 0.2) is 0 Å². The molecule has 3 aliphatic rings. The van der Waals surface area contributed by atoms with E-state index in [1.807, 2.05) is 0 Å². The van der Waals surface area contributed by atoms with E-state index in [0.29, 0.717) is 17.6 Å². The SMILES string of the molecule is O=S(=O)(CC1CC1)N1CCCC2CNCC21. The molecule has 2 unspecified atom stereocenters. The number of rotatable bonds is 3. The molecule has 0 radical (unpaired) electrons. The van der Waals surface area contributed by atoms with Crippen LogP contribution in [0.1, 0.15) is 25.7 Å². The van der Waals surface area contributed by atoms with Gasteiger partial charge < -0.3 is 5.32 Å². The molecule has 5 heteroatoms. The fraction of sp³-hybridized carbons (Fsp3) is 1.00. The van der Waals surface area contributed by atoms with Crippen molar-refractivity contribution in [1.82, 2.24) is 9.62 Å². The number of sulfonamides is 1. The third kappa shape index (κ3) is 2.00. The molecule has 0 aromatic heterocycles. The van der Waals surface area contributed by atoms with Crippen molar-refractivity contribution in [3.8, 4) is 0 Å². The first-order valence-corrected chi connectivity index (χ1v) is 7.98. The first kappa shape index (κ1) is 11.0. The van der Waals surface area contributed by atoms with Crippen LogP contribution in [0.3, 0.4) is 0 Å². The van der Waals surface area contributed by atoms with Gasteiger partial charge in [-0.25, -0.2) is 8.42 Å². The van der Waals surface area contributed by atoms with Gasteiger partial charge in [0.25, 0.3) is 0 Å². The summed E-state index contributed by atoms with van der Waals surface area (Å²) in [6, 6.07) is 0.248. The van der Waals surface area contributed by atoms with Crippen molar-refractivity contribution in [3.63, 3.8) is 0 Å². The molecule has 0 bridgehead atoms. The minimum Gasteiger partial charge on any atom is -0.315 e. The van der Waals surface area contributed by atoms with Gasteiger partial charge in [0.2, 0.25) is 10.0 Å². The Bertz CT molecular complexity index is 364. The second-order valence-corrected chi connectivity index (χ2v) is 7.43. The number of hydrogen-bond donors (Lipinski definition) is 1. The number of fused-ring (bicyclic) bond motifs is 1. The molecule has 0 amide bonds. The van der Waals surface area contributed by atoms with Crippen molar-refractivity contribution in [2.45, 2.75) is 31.7 Å². The zero-order valence-corrected chi connectivity index (χ0v) is 10.4. The van der Waals surface area contributed by atoms with Crippen LogP contribution in [0, 0.1) is 11.8 Å². The average molecular weight is 244 g/mol. The van der Waals surface area contributed by atoms with Gasteiger partial charge in [0.1, 0.15) is 0 Å². The van der Waals surface area contributed by atoms with Crippen LogP contribution in [0.5, 0.6) is 0 Å². The van der Waals surface area contributed by atoms with E-state index in [1.54, 1.807) is 4.31 Å². The molecule has 2 aliphatic heterocycles. The van der Waals surface area contributed by atoms with E-state index in [0.717, 1.165) is 38.9 Å². The zero-order chi connectivity index (χ0) is 11.2. The smallest absolute Gasteiger partial charge is 0.214 e. The summed E-state index contributed by atoms with van der Waals surface area (Å²) in [5, 5.41) is 3.33. The zero-order valence-electron chi connectivity index (χ0n) is 9.56. The first-order valence-electron chi connectivity index (χ1n) is 6.37. The van der Waals surface area contributed by atoms with Crippen molar-refractivity contribution in [1.29, 1.82) is 0 Å². The van der Waals surface area contributed by atoms with Crippen LogP contribution in [0.15, 0.2) is 0 Å². The predicted octanol–water partition coefficient (Wildman–Crippen LogP) is 0.410. The Labute approximate surface area is 97.4 Å². The third-order valence-electron chi connectivity index (χ3n) is 4.13. The standard InChI is InChI=1S/C11H20N2O2S/c14-16(15,8-9-3-4-9)13-5-1-2-10-6-12-7-11(10)13/h9-12H,1-8H2. The minimum atomic E-state index is -2.98. The van der Waals surface area contributed by atoms with Crippen molar-refractivity contribution < 1.29 is 8.42 Å². The Kier molecular flexibility index (Phi) is 2.72. The molecule has 0 aromatic rings. The van der Waals surface area contributed by atoms with E-state index >= 15 is 0 Å². The number of nitrogens with zero attached hydrogens (tertiary/aromatic N) is 1. The van der Waals surface area contributed by atoms with Crippen LogP contribution >= 0.6 is 0 Å². The van der Waals surface area contributed by atoms with Crippen LogP contribution in [0.25, 0.3) is 0 Å². The minimum absolute atomic E-state index is 0.248. The molecule has 1 aliphatic carbocycles. The highest BCUT2D eigenvalue weighted by atomic mass is 32.2. The molecule has 0 spiro atoms. The summed E-state index contributed by atoms with van der Waals surface area (Å²) < 4.78 is 26.4. The summed E-state index contributed by atoms with van der Waals surface area (Å²) in [4.78, 5) is 0. The number of nitrogens with one attached hydrogen (secondary N) is 1.